The number of epoxide rings is 1. The second kappa shape index (κ2) is 7.25. The number of ether oxygens (including phenoxy) is 1. The van der Waals surface area contributed by atoms with Gasteiger partial charge in [0.2, 0.25) is 0 Å². The van der Waals surface area contributed by atoms with E-state index in [9.17, 15) is 9.59 Å². The van der Waals surface area contributed by atoms with Crippen LogP contribution in [-0.2, 0) is 14.8 Å². The molecule has 0 aliphatic carbocycles. The van der Waals surface area contributed by atoms with Crippen molar-refractivity contribution in [3.8, 4) is 0 Å². The van der Waals surface area contributed by atoms with Crippen molar-refractivity contribution in [1.29, 1.82) is 0 Å². The maximum atomic E-state index is 9.89. The molecule has 0 bridgehead atoms. The van der Waals surface area contributed by atoms with Crippen LogP contribution in [0.15, 0.2) is 30.3 Å². The predicted octanol–water partition coefficient (Wildman–Crippen LogP) is 0.278. The molecule has 0 saturated carbocycles. The first-order valence-corrected chi connectivity index (χ1v) is 7.42. The summed E-state index contributed by atoms with van der Waals surface area (Å²) in [7, 11) is 0. The fourth-order valence-corrected chi connectivity index (χ4v) is 1.94. The van der Waals surface area contributed by atoms with Crippen molar-refractivity contribution < 1.29 is 24.5 Å². The van der Waals surface area contributed by atoms with Crippen molar-refractivity contribution in [3.05, 3.63) is 35.9 Å². The van der Waals surface area contributed by atoms with Crippen LogP contribution >= 0.6 is 0 Å². The summed E-state index contributed by atoms with van der Waals surface area (Å²) >= 11 is 0.967. The molecule has 1 aliphatic rings. The Hall–Kier alpha value is -0.244. The molecule has 6 heteroatoms. The van der Waals surface area contributed by atoms with Gasteiger partial charge < -0.3 is 14.9 Å². The first kappa shape index (κ1) is 14.8. The Balaban J connectivity index is 0.000000171. The fraction of sp³-hybridized carbons (Fsp3) is 0.273. The second-order valence-corrected chi connectivity index (χ2v) is 4.60. The molecule has 0 amide bonds. The topological polar surface area (TPSA) is 87.1 Å². The van der Waals surface area contributed by atoms with Crippen LogP contribution in [0.4, 0.5) is 0 Å². The second-order valence-electron chi connectivity index (χ2n) is 3.49. The summed E-state index contributed by atoms with van der Waals surface area (Å²) in [4.78, 5) is 19.8. The van der Waals surface area contributed by atoms with Crippen molar-refractivity contribution in [1.82, 2.24) is 0 Å². The molecule has 1 aromatic rings. The summed E-state index contributed by atoms with van der Waals surface area (Å²) in [5, 5.41) is 16.2. The van der Waals surface area contributed by atoms with Crippen LogP contribution in [-0.4, -0.2) is 83.3 Å². The molecule has 1 aromatic carbocycles. The van der Waals surface area contributed by atoms with Gasteiger partial charge in [-0.1, -0.05) is 0 Å². The van der Waals surface area contributed by atoms with E-state index in [4.69, 9.17) is 10.2 Å². The van der Waals surface area contributed by atoms with E-state index >= 15 is 0 Å². The van der Waals surface area contributed by atoms with E-state index in [2.05, 4.69) is 35.1 Å². The molecule has 0 aromatic heterocycles. The van der Waals surface area contributed by atoms with Gasteiger partial charge in [-0.25, -0.2) is 9.59 Å². The first-order chi connectivity index (χ1) is 8.06. The van der Waals surface area contributed by atoms with Crippen molar-refractivity contribution in [3.63, 3.8) is 0 Å². The first-order valence-electron chi connectivity index (χ1n) is 5.21. The molecule has 1 fully saturated rings. The fourth-order valence-electron chi connectivity index (χ4n) is 1.20. The Morgan fingerprint density at radius 3 is 1.82 bits per heavy atom. The van der Waals surface area contributed by atoms with Crippen molar-refractivity contribution in [2.24, 2.45) is 0 Å². The Morgan fingerprint density at radius 2 is 1.59 bits per heavy atom. The minimum atomic E-state index is -1.22. The van der Waals surface area contributed by atoms with Gasteiger partial charge in [0.1, 0.15) is 0 Å². The standard InChI is InChI=1S/C7H7.C4H4O5.K/c1-7-5-3-2-4-6-7;5-3(6)1-2(9-1)4(7)8;/h2-6H,1H2;1-2H,(H,5,6)(H,7,8);. The molecular weight excluding hydrogens is 251 g/mol. The number of carboxylic acid groups (broad SMARTS) is 2. The molecule has 0 radical (unpaired) electrons. The third kappa shape index (κ3) is 5.28. The van der Waals surface area contributed by atoms with E-state index in [1.54, 1.807) is 0 Å². The molecule has 5 nitrogen and oxygen atoms in total. The number of carbonyl (C=O) groups is 2. The van der Waals surface area contributed by atoms with Gasteiger partial charge in [-0.3, -0.25) is 0 Å². The van der Waals surface area contributed by atoms with Crippen LogP contribution in [0.25, 0.3) is 0 Å². The molecule has 1 aliphatic heterocycles. The molecule has 0 spiro atoms. The van der Waals surface area contributed by atoms with Gasteiger partial charge in [-0.2, -0.15) is 0 Å². The summed E-state index contributed by atoms with van der Waals surface area (Å²) in [5.41, 5.74) is 1.49. The summed E-state index contributed by atoms with van der Waals surface area (Å²) in [6.45, 7) is 0. The Kier molecular flexibility index (Phi) is 6.32. The molecule has 2 unspecified atom stereocenters. The average Bonchev–Trinajstić information content (AvgIpc) is 3.11. The van der Waals surface area contributed by atoms with Crippen molar-refractivity contribution in [2.45, 2.75) is 12.7 Å². The van der Waals surface area contributed by atoms with Crippen LogP contribution in [0.3, 0.4) is 0 Å². The van der Waals surface area contributed by atoms with Crippen LogP contribution in [0.2, 0.25) is 0 Å². The zero-order valence-electron chi connectivity index (χ0n) is 9.37. The zero-order valence-corrected chi connectivity index (χ0v) is 12.5. The van der Waals surface area contributed by atoms with E-state index in [0.29, 0.717) is 0 Å². The minimum absolute atomic E-state index is 0.967. The number of aliphatic carboxylic acids is 2. The predicted molar refractivity (Wildman–Crippen MR) is 59.8 cm³/mol. The Bertz CT molecular complexity index is 374. The maximum absolute atomic E-state index is 9.89. The van der Waals surface area contributed by atoms with Gasteiger partial charge in [0.25, 0.3) is 0 Å². The van der Waals surface area contributed by atoms with E-state index in [1.165, 1.54) is 6.08 Å². The third-order valence-corrected chi connectivity index (χ3v) is 3.50. The van der Waals surface area contributed by atoms with Crippen LogP contribution < -0.4 is 0 Å². The molecule has 17 heavy (non-hydrogen) atoms. The van der Waals surface area contributed by atoms with E-state index < -0.39 is 24.1 Å². The van der Waals surface area contributed by atoms with Crippen LogP contribution in [0.1, 0.15) is 5.56 Å². The zero-order chi connectivity index (χ0) is 12.8. The summed E-state index contributed by atoms with van der Waals surface area (Å²) < 4.78 is 5.57. The van der Waals surface area contributed by atoms with Gasteiger partial charge in [0.05, 0.1) is 0 Å². The quantitative estimate of drug-likeness (QED) is 0.603. The van der Waals surface area contributed by atoms with Gasteiger partial charge in [-0.05, 0) is 0 Å². The number of hydrogen-bond acceptors (Lipinski definition) is 3. The van der Waals surface area contributed by atoms with E-state index in [-0.39, 0.29) is 0 Å². The third-order valence-electron chi connectivity index (χ3n) is 2.23. The van der Waals surface area contributed by atoms with Crippen molar-refractivity contribution in [2.75, 3.05) is 0 Å². The monoisotopic (exact) mass is 262 g/mol. The van der Waals surface area contributed by atoms with E-state index in [0.717, 1.165) is 49.0 Å². The number of rotatable bonds is 3. The van der Waals surface area contributed by atoms with E-state index in [1.807, 2.05) is 0 Å². The van der Waals surface area contributed by atoms with Crippen LogP contribution in [0.5, 0.6) is 0 Å². The van der Waals surface area contributed by atoms with Crippen molar-refractivity contribution >= 4 is 60.9 Å². The van der Waals surface area contributed by atoms with Gasteiger partial charge in [0.15, 0.2) is 12.2 Å². The van der Waals surface area contributed by atoms with Crippen LogP contribution in [0, 0.1) is 0 Å². The number of hydrogen-bond donors (Lipinski definition) is 2. The molecule has 1 saturated heterocycles. The molecule has 2 atom stereocenters. The summed E-state index contributed by atoms with van der Waals surface area (Å²) in [5.74, 6) is -2.44. The Morgan fingerprint density at radius 1 is 1.12 bits per heavy atom. The number of carboxylic acids is 2. The SMILES string of the molecule is O=C(O)C1OC1C(=O)O.[K][CH2]c1ccccc1. The summed E-state index contributed by atoms with van der Waals surface area (Å²) in [6, 6.07) is 10.6. The molecule has 2 N–H and O–H groups in total. The molecule has 1 heterocycles. The number of benzene rings is 1. The van der Waals surface area contributed by atoms with Gasteiger partial charge in [0, 0.05) is 0 Å². The summed E-state index contributed by atoms with van der Waals surface area (Å²) in [6.07, 6.45) is -2.25. The van der Waals surface area contributed by atoms with Gasteiger partial charge in [-0.15, -0.1) is 0 Å². The molecule has 86 valence electrons. The molecular formula is C11H11KO5. The normalized spacial score (nSPS) is 21.1. The molecule has 2 rings (SSSR count). The Labute approximate surface area is 132 Å². The average molecular weight is 262 g/mol. The van der Waals surface area contributed by atoms with Gasteiger partial charge >= 0.3 is 97.3 Å².